The number of ether oxygens (including phenoxy) is 3. The van der Waals surface area contributed by atoms with E-state index in [9.17, 15) is 14.7 Å². The van der Waals surface area contributed by atoms with Crippen LogP contribution >= 0.6 is 0 Å². The van der Waals surface area contributed by atoms with Gasteiger partial charge in [-0.3, -0.25) is 14.5 Å². The summed E-state index contributed by atoms with van der Waals surface area (Å²) in [4.78, 5) is 30.8. The molecule has 41 heavy (non-hydrogen) atoms. The Kier molecular flexibility index (Phi) is 8.82. The van der Waals surface area contributed by atoms with E-state index in [0.717, 1.165) is 13.1 Å². The number of amides is 1. The Morgan fingerprint density at radius 3 is 2.46 bits per heavy atom. The highest BCUT2D eigenvalue weighted by atomic mass is 16.5. The highest BCUT2D eigenvalue weighted by molar-refractivity contribution is 6.46. The van der Waals surface area contributed by atoms with Crippen LogP contribution in [0.25, 0.3) is 5.76 Å². The summed E-state index contributed by atoms with van der Waals surface area (Å²) < 4.78 is 17.1. The van der Waals surface area contributed by atoms with E-state index >= 15 is 0 Å². The molecule has 3 aromatic carbocycles. The minimum Gasteiger partial charge on any atom is -0.507 e. The molecule has 0 aliphatic carbocycles. The number of para-hydroxylation sites is 1. The van der Waals surface area contributed by atoms with Crippen LogP contribution in [0.15, 0.2) is 91.0 Å². The molecule has 1 unspecified atom stereocenters. The fourth-order valence-corrected chi connectivity index (χ4v) is 5.20. The Labute approximate surface area is 240 Å². The van der Waals surface area contributed by atoms with Crippen LogP contribution in [0.3, 0.4) is 0 Å². The largest absolute Gasteiger partial charge is 0.507 e. The minimum absolute atomic E-state index is 0.0525. The Morgan fingerprint density at radius 1 is 0.976 bits per heavy atom. The van der Waals surface area contributed by atoms with E-state index in [1.54, 1.807) is 29.2 Å². The van der Waals surface area contributed by atoms with Crippen molar-refractivity contribution < 1.29 is 28.9 Å². The molecule has 1 amide bonds. The average Bonchev–Trinajstić information content (AvgIpc) is 3.25. The molecule has 1 atom stereocenters. The molecule has 2 heterocycles. The number of Topliss-reactive ketones (excluding diaryl/α,β-unsaturated/α-hetero) is 1. The second-order valence-electron chi connectivity index (χ2n) is 10.0. The lowest BCUT2D eigenvalue weighted by Gasteiger charge is -2.31. The molecular formula is C33H34N2O6. The molecule has 2 saturated heterocycles. The summed E-state index contributed by atoms with van der Waals surface area (Å²) in [6.45, 7) is 9.53. The van der Waals surface area contributed by atoms with Gasteiger partial charge in [-0.1, -0.05) is 43.0 Å². The van der Waals surface area contributed by atoms with Gasteiger partial charge in [-0.05, 0) is 60.5 Å². The first kappa shape index (κ1) is 28.1. The van der Waals surface area contributed by atoms with Crippen LogP contribution in [-0.4, -0.2) is 72.6 Å². The van der Waals surface area contributed by atoms with Crippen molar-refractivity contribution >= 4 is 17.4 Å². The molecule has 2 aliphatic heterocycles. The van der Waals surface area contributed by atoms with Crippen molar-refractivity contribution in [1.29, 1.82) is 0 Å². The molecular weight excluding hydrogens is 520 g/mol. The number of ketones is 1. The van der Waals surface area contributed by atoms with E-state index in [1.807, 2.05) is 61.5 Å². The van der Waals surface area contributed by atoms with E-state index < -0.39 is 17.7 Å². The number of carbonyl (C=O) groups is 2. The number of aliphatic hydroxyl groups is 1. The summed E-state index contributed by atoms with van der Waals surface area (Å²) >= 11 is 0. The monoisotopic (exact) mass is 554 g/mol. The molecule has 5 rings (SSSR count). The van der Waals surface area contributed by atoms with E-state index in [1.165, 1.54) is 0 Å². The summed E-state index contributed by atoms with van der Waals surface area (Å²) in [5.41, 5.74) is 1.90. The standard InChI is InChI=1S/C33H34N2O6/c1-3-18-40-26-12-13-28(23(2)21-26)31(36)29-30(24-8-7-11-27(22-24)41-25-9-5-4-6-10-25)35(33(38)32(29)37)15-14-34-16-19-39-20-17-34/h3-13,21-22,30,36H,1,14-20H2,2H3/b31-29+. The van der Waals surface area contributed by atoms with Crippen molar-refractivity contribution in [3.05, 3.63) is 108 Å². The number of hydrogen-bond acceptors (Lipinski definition) is 7. The van der Waals surface area contributed by atoms with Crippen molar-refractivity contribution in [3.63, 3.8) is 0 Å². The molecule has 2 aliphatic rings. The Bertz CT molecular complexity index is 1450. The maximum absolute atomic E-state index is 13.6. The Balaban J connectivity index is 1.54. The summed E-state index contributed by atoms with van der Waals surface area (Å²) in [7, 11) is 0. The number of hydrogen-bond donors (Lipinski definition) is 1. The molecule has 8 heteroatoms. The lowest BCUT2D eigenvalue weighted by Crippen LogP contribution is -2.42. The third-order valence-corrected chi connectivity index (χ3v) is 7.27. The fourth-order valence-electron chi connectivity index (χ4n) is 5.20. The predicted octanol–water partition coefficient (Wildman–Crippen LogP) is 5.11. The second-order valence-corrected chi connectivity index (χ2v) is 10.0. The van der Waals surface area contributed by atoms with Gasteiger partial charge in [0.25, 0.3) is 11.7 Å². The van der Waals surface area contributed by atoms with E-state index in [4.69, 9.17) is 14.2 Å². The van der Waals surface area contributed by atoms with Crippen LogP contribution in [-0.2, 0) is 14.3 Å². The van der Waals surface area contributed by atoms with Gasteiger partial charge >= 0.3 is 0 Å². The number of nitrogens with zero attached hydrogens (tertiary/aromatic N) is 2. The molecule has 0 radical (unpaired) electrons. The van der Waals surface area contributed by atoms with Crippen LogP contribution in [0.5, 0.6) is 17.2 Å². The summed E-state index contributed by atoms with van der Waals surface area (Å²) in [6, 6.07) is 21.1. The molecule has 0 aromatic heterocycles. The van der Waals surface area contributed by atoms with Crippen molar-refractivity contribution in [2.75, 3.05) is 46.0 Å². The third kappa shape index (κ3) is 6.34. The number of benzene rings is 3. The first-order valence-corrected chi connectivity index (χ1v) is 13.7. The van der Waals surface area contributed by atoms with Gasteiger partial charge in [-0.2, -0.15) is 0 Å². The van der Waals surface area contributed by atoms with E-state index in [2.05, 4.69) is 11.5 Å². The zero-order chi connectivity index (χ0) is 28.8. The molecule has 2 fully saturated rings. The highest BCUT2D eigenvalue weighted by Crippen LogP contribution is 2.41. The summed E-state index contributed by atoms with van der Waals surface area (Å²) in [5, 5.41) is 11.6. The van der Waals surface area contributed by atoms with Gasteiger partial charge in [0, 0.05) is 31.7 Å². The molecule has 0 saturated carbocycles. The van der Waals surface area contributed by atoms with Crippen molar-refractivity contribution in [2.24, 2.45) is 0 Å². The molecule has 0 bridgehead atoms. The number of carbonyl (C=O) groups excluding carboxylic acids is 2. The van der Waals surface area contributed by atoms with Gasteiger partial charge in [0.05, 0.1) is 24.8 Å². The van der Waals surface area contributed by atoms with E-state index in [-0.39, 0.29) is 11.3 Å². The predicted molar refractivity (Wildman–Crippen MR) is 156 cm³/mol. The number of likely N-dealkylation sites (tertiary alicyclic amines) is 1. The van der Waals surface area contributed by atoms with E-state index in [0.29, 0.717) is 66.8 Å². The molecule has 212 valence electrons. The van der Waals surface area contributed by atoms with Crippen LogP contribution < -0.4 is 9.47 Å². The molecule has 1 N–H and O–H groups in total. The Hall–Kier alpha value is -4.40. The Morgan fingerprint density at radius 2 is 1.73 bits per heavy atom. The summed E-state index contributed by atoms with van der Waals surface area (Å²) in [5.74, 6) is 0.280. The minimum atomic E-state index is -0.786. The van der Waals surface area contributed by atoms with Crippen molar-refractivity contribution in [2.45, 2.75) is 13.0 Å². The molecule has 8 nitrogen and oxygen atoms in total. The number of morpholine rings is 1. The van der Waals surface area contributed by atoms with Crippen LogP contribution in [0, 0.1) is 6.92 Å². The summed E-state index contributed by atoms with van der Waals surface area (Å²) in [6.07, 6.45) is 1.65. The van der Waals surface area contributed by atoms with Crippen molar-refractivity contribution in [1.82, 2.24) is 9.80 Å². The zero-order valence-corrected chi connectivity index (χ0v) is 23.1. The number of aryl methyl sites for hydroxylation is 1. The first-order valence-electron chi connectivity index (χ1n) is 13.7. The van der Waals surface area contributed by atoms with Gasteiger partial charge in [-0.25, -0.2) is 0 Å². The second kappa shape index (κ2) is 12.8. The maximum Gasteiger partial charge on any atom is 0.295 e. The quantitative estimate of drug-likeness (QED) is 0.161. The SMILES string of the molecule is C=CCOc1ccc(/C(O)=C2\C(=O)C(=O)N(CCN3CCOCC3)C2c2cccc(Oc3ccccc3)c2)c(C)c1. The smallest absolute Gasteiger partial charge is 0.295 e. The van der Waals surface area contributed by atoms with Gasteiger partial charge in [-0.15, -0.1) is 0 Å². The fraction of sp³-hybridized carbons (Fsp3) is 0.273. The topological polar surface area (TPSA) is 88.5 Å². The van der Waals surface area contributed by atoms with Crippen LogP contribution in [0.2, 0.25) is 0 Å². The maximum atomic E-state index is 13.6. The lowest BCUT2D eigenvalue weighted by molar-refractivity contribution is -0.140. The van der Waals surface area contributed by atoms with Crippen molar-refractivity contribution in [3.8, 4) is 17.2 Å². The number of rotatable bonds is 10. The third-order valence-electron chi connectivity index (χ3n) is 7.27. The number of aliphatic hydroxyl groups excluding tert-OH is 1. The first-order chi connectivity index (χ1) is 20.0. The van der Waals surface area contributed by atoms with Crippen LogP contribution in [0.4, 0.5) is 0 Å². The van der Waals surface area contributed by atoms with Gasteiger partial charge < -0.3 is 24.2 Å². The normalized spacial score (nSPS) is 18.9. The molecule has 3 aromatic rings. The van der Waals surface area contributed by atoms with Gasteiger partial charge in [0.2, 0.25) is 0 Å². The average molecular weight is 555 g/mol. The zero-order valence-electron chi connectivity index (χ0n) is 23.1. The van der Waals surface area contributed by atoms with Gasteiger partial charge in [0.1, 0.15) is 29.6 Å². The van der Waals surface area contributed by atoms with Crippen LogP contribution in [0.1, 0.15) is 22.7 Å². The highest BCUT2D eigenvalue weighted by Gasteiger charge is 2.46. The lowest BCUT2D eigenvalue weighted by atomic mass is 9.93. The molecule has 0 spiro atoms. The van der Waals surface area contributed by atoms with Gasteiger partial charge in [0.15, 0.2) is 0 Å².